The zero-order valence-corrected chi connectivity index (χ0v) is 17.1. The molecule has 3 rings (SSSR count). The van der Waals surface area contributed by atoms with Crippen molar-refractivity contribution in [3.8, 4) is 5.75 Å². The third-order valence-corrected chi connectivity index (χ3v) is 4.23. The lowest BCUT2D eigenvalue weighted by Crippen LogP contribution is -2.34. The van der Waals surface area contributed by atoms with Gasteiger partial charge in [-0.05, 0) is 48.0 Å². The number of ether oxygens (including phenoxy) is 1. The van der Waals surface area contributed by atoms with Crippen LogP contribution in [0.5, 0.6) is 5.75 Å². The highest BCUT2D eigenvalue weighted by molar-refractivity contribution is 5.97. The molecule has 33 heavy (non-hydrogen) atoms. The van der Waals surface area contributed by atoms with Crippen LogP contribution in [0.25, 0.3) is 0 Å². The van der Waals surface area contributed by atoms with Gasteiger partial charge in [0, 0.05) is 17.7 Å². The van der Waals surface area contributed by atoms with Crippen molar-refractivity contribution in [2.24, 2.45) is 5.10 Å². The van der Waals surface area contributed by atoms with Gasteiger partial charge in [0.2, 0.25) is 0 Å². The van der Waals surface area contributed by atoms with E-state index in [1.54, 1.807) is 54.6 Å². The minimum absolute atomic E-state index is 0.0635. The number of nitro groups is 1. The van der Waals surface area contributed by atoms with E-state index < -0.39 is 22.7 Å². The second kappa shape index (κ2) is 11.0. The Hall–Kier alpha value is -4.86. The quantitative estimate of drug-likeness (QED) is 0.179. The van der Waals surface area contributed by atoms with Gasteiger partial charge >= 0.3 is 5.97 Å². The maximum atomic E-state index is 12.0. The molecule has 0 radical (unpaired) electrons. The number of carbonyl (C=O) groups is 3. The number of amides is 2. The van der Waals surface area contributed by atoms with Crippen molar-refractivity contribution in [1.82, 2.24) is 10.7 Å². The van der Waals surface area contributed by atoms with Gasteiger partial charge in [-0.2, -0.15) is 5.10 Å². The van der Waals surface area contributed by atoms with Gasteiger partial charge in [-0.1, -0.05) is 24.3 Å². The lowest BCUT2D eigenvalue weighted by molar-refractivity contribution is -0.384. The number of non-ortho nitro benzene ring substituents is 1. The molecule has 0 spiro atoms. The summed E-state index contributed by atoms with van der Waals surface area (Å²) >= 11 is 0. The smallest absolute Gasteiger partial charge is 0.343 e. The molecule has 0 saturated carbocycles. The maximum absolute atomic E-state index is 12.0. The van der Waals surface area contributed by atoms with E-state index in [1.807, 2.05) is 0 Å². The Kier molecular flexibility index (Phi) is 7.58. The van der Waals surface area contributed by atoms with E-state index in [0.29, 0.717) is 16.9 Å². The molecule has 0 heterocycles. The Morgan fingerprint density at radius 1 is 0.939 bits per heavy atom. The van der Waals surface area contributed by atoms with Crippen LogP contribution in [-0.2, 0) is 4.79 Å². The Bertz CT molecular complexity index is 1190. The molecule has 0 bridgehead atoms. The molecule has 0 fully saturated rings. The van der Waals surface area contributed by atoms with E-state index in [0.717, 1.165) is 6.07 Å². The Morgan fingerprint density at radius 2 is 1.64 bits per heavy atom. The van der Waals surface area contributed by atoms with Crippen LogP contribution in [0.2, 0.25) is 0 Å². The maximum Gasteiger partial charge on any atom is 0.343 e. The lowest BCUT2D eigenvalue weighted by Gasteiger charge is -2.05. The molecular formula is C23H18N4O6. The summed E-state index contributed by atoms with van der Waals surface area (Å²) in [4.78, 5) is 46.1. The monoisotopic (exact) mass is 446 g/mol. The van der Waals surface area contributed by atoms with E-state index >= 15 is 0 Å². The summed E-state index contributed by atoms with van der Waals surface area (Å²) in [5.41, 5.74) is 3.17. The van der Waals surface area contributed by atoms with Crippen molar-refractivity contribution in [1.29, 1.82) is 0 Å². The molecule has 0 saturated heterocycles. The molecule has 166 valence electrons. The van der Waals surface area contributed by atoms with E-state index in [-0.39, 0.29) is 17.8 Å². The SMILES string of the molecule is O=C(CNC(=O)c1cccc([N+](=O)[O-])c1)NN=Cc1ccc(OC(=O)c2ccccc2)cc1. The number of carbonyl (C=O) groups excluding carboxylic acids is 3. The average molecular weight is 446 g/mol. The number of hydrogen-bond donors (Lipinski definition) is 2. The molecule has 0 atom stereocenters. The van der Waals surface area contributed by atoms with Crippen LogP contribution in [0.4, 0.5) is 5.69 Å². The van der Waals surface area contributed by atoms with E-state index in [9.17, 15) is 24.5 Å². The predicted octanol–water partition coefficient (Wildman–Crippen LogP) is 2.69. The molecule has 0 aromatic heterocycles. The summed E-state index contributed by atoms with van der Waals surface area (Å²) in [6, 6.07) is 20.2. The Labute approximate surface area is 188 Å². The molecule has 0 aliphatic rings. The second-order valence-corrected chi connectivity index (χ2v) is 6.61. The van der Waals surface area contributed by atoms with E-state index in [4.69, 9.17) is 4.74 Å². The average Bonchev–Trinajstić information content (AvgIpc) is 2.84. The van der Waals surface area contributed by atoms with Gasteiger partial charge in [-0.3, -0.25) is 19.7 Å². The third-order valence-electron chi connectivity index (χ3n) is 4.23. The second-order valence-electron chi connectivity index (χ2n) is 6.61. The van der Waals surface area contributed by atoms with Crippen LogP contribution in [0, 0.1) is 10.1 Å². The van der Waals surface area contributed by atoms with Crippen molar-refractivity contribution in [3.63, 3.8) is 0 Å². The Morgan fingerprint density at radius 3 is 2.33 bits per heavy atom. The lowest BCUT2D eigenvalue weighted by atomic mass is 10.2. The van der Waals surface area contributed by atoms with Crippen molar-refractivity contribution < 1.29 is 24.0 Å². The summed E-state index contributed by atoms with van der Waals surface area (Å²) in [5.74, 6) is -1.33. The topological polar surface area (TPSA) is 140 Å². The van der Waals surface area contributed by atoms with Crippen LogP contribution in [0.15, 0.2) is 84.0 Å². The summed E-state index contributed by atoms with van der Waals surface area (Å²) in [6.45, 7) is -0.368. The van der Waals surface area contributed by atoms with Crippen molar-refractivity contribution in [2.45, 2.75) is 0 Å². The number of nitro benzene ring substituents is 1. The molecular weight excluding hydrogens is 428 g/mol. The van der Waals surface area contributed by atoms with Gasteiger partial charge in [-0.15, -0.1) is 0 Å². The molecule has 2 N–H and O–H groups in total. The Balaban J connectivity index is 1.45. The first-order valence-corrected chi connectivity index (χ1v) is 9.64. The van der Waals surface area contributed by atoms with Crippen LogP contribution < -0.4 is 15.5 Å². The first-order valence-electron chi connectivity index (χ1n) is 9.64. The normalized spacial score (nSPS) is 10.4. The number of benzene rings is 3. The number of esters is 1. The molecule has 3 aromatic rings. The fourth-order valence-electron chi connectivity index (χ4n) is 2.60. The van der Waals surface area contributed by atoms with Crippen molar-refractivity contribution in [3.05, 3.63) is 106 Å². The molecule has 0 aliphatic carbocycles. The molecule has 3 aromatic carbocycles. The van der Waals surface area contributed by atoms with E-state index in [2.05, 4.69) is 15.8 Å². The fraction of sp³-hybridized carbons (Fsp3) is 0.0435. The van der Waals surface area contributed by atoms with Gasteiger partial charge in [0.25, 0.3) is 17.5 Å². The first kappa shape index (κ1) is 22.8. The van der Waals surface area contributed by atoms with E-state index in [1.165, 1.54) is 24.4 Å². The zero-order valence-electron chi connectivity index (χ0n) is 17.1. The van der Waals surface area contributed by atoms with Crippen LogP contribution in [-0.4, -0.2) is 35.5 Å². The van der Waals surface area contributed by atoms with Crippen LogP contribution >= 0.6 is 0 Å². The van der Waals surface area contributed by atoms with Crippen LogP contribution in [0.1, 0.15) is 26.3 Å². The molecule has 10 heteroatoms. The zero-order chi connectivity index (χ0) is 23.6. The molecule has 0 unspecified atom stereocenters. The first-order chi connectivity index (χ1) is 15.9. The minimum atomic E-state index is -0.626. The fourth-order valence-corrected chi connectivity index (χ4v) is 2.60. The molecule has 0 aliphatic heterocycles. The minimum Gasteiger partial charge on any atom is -0.423 e. The highest BCUT2D eigenvalue weighted by atomic mass is 16.6. The molecule has 2 amide bonds. The van der Waals surface area contributed by atoms with Crippen molar-refractivity contribution in [2.75, 3.05) is 6.54 Å². The number of rotatable bonds is 8. The summed E-state index contributed by atoms with van der Waals surface area (Å²) < 4.78 is 5.28. The van der Waals surface area contributed by atoms with Gasteiger partial charge in [0.05, 0.1) is 23.2 Å². The van der Waals surface area contributed by atoms with Gasteiger partial charge < -0.3 is 10.1 Å². The highest BCUT2D eigenvalue weighted by Gasteiger charge is 2.12. The number of nitrogens with one attached hydrogen (secondary N) is 2. The van der Waals surface area contributed by atoms with Crippen molar-refractivity contribution >= 4 is 29.7 Å². The number of hydrazone groups is 1. The largest absolute Gasteiger partial charge is 0.423 e. The van der Waals surface area contributed by atoms with Gasteiger partial charge in [0.1, 0.15) is 5.75 Å². The molecule has 10 nitrogen and oxygen atoms in total. The summed E-state index contributed by atoms with van der Waals surface area (Å²) in [7, 11) is 0. The number of hydrogen-bond acceptors (Lipinski definition) is 7. The number of nitrogens with zero attached hydrogens (tertiary/aromatic N) is 2. The standard InChI is InChI=1S/C23H18N4O6/c28-21(15-24-22(29)18-7-4-8-19(13-18)27(31)32)26-25-14-16-9-11-20(12-10-16)33-23(30)17-5-2-1-3-6-17/h1-14H,15H2,(H,24,29)(H,26,28). The van der Waals surface area contributed by atoms with Gasteiger partial charge in [0.15, 0.2) is 0 Å². The summed E-state index contributed by atoms with van der Waals surface area (Å²) in [5, 5.41) is 16.9. The van der Waals surface area contributed by atoms with Crippen LogP contribution in [0.3, 0.4) is 0 Å². The highest BCUT2D eigenvalue weighted by Crippen LogP contribution is 2.14. The third kappa shape index (κ3) is 6.82. The predicted molar refractivity (Wildman–Crippen MR) is 119 cm³/mol. The summed E-state index contributed by atoms with van der Waals surface area (Å²) in [6.07, 6.45) is 1.38. The van der Waals surface area contributed by atoms with Gasteiger partial charge in [-0.25, -0.2) is 10.2 Å².